The number of nitrogens with one attached hydrogen (secondary N) is 2. The van der Waals surface area contributed by atoms with E-state index in [4.69, 9.17) is 16.3 Å². The van der Waals surface area contributed by atoms with Crippen LogP contribution < -0.4 is 14.7 Å². The molecule has 0 aliphatic heterocycles. The van der Waals surface area contributed by atoms with Crippen molar-refractivity contribution in [2.45, 2.75) is 12.1 Å². The van der Waals surface area contributed by atoms with Gasteiger partial charge >= 0.3 is 5.16 Å². The molecule has 0 spiro atoms. The lowest BCUT2D eigenvalue weighted by Crippen LogP contribution is -2.34. The molecule has 1 aromatic heterocycles. The first-order valence-electron chi connectivity index (χ1n) is 10.6. The minimum absolute atomic E-state index is 0.0495. The number of thioether (sulfide) groups is 1. The van der Waals surface area contributed by atoms with Crippen LogP contribution in [-0.2, 0) is 4.79 Å². The number of hydrazone groups is 1. The molecule has 178 valence electrons. The highest BCUT2D eigenvalue weighted by atomic mass is 35.5. The van der Waals surface area contributed by atoms with Crippen LogP contribution in [0, 0.1) is 6.92 Å². The van der Waals surface area contributed by atoms with Gasteiger partial charge in [0.05, 0.1) is 29.7 Å². The van der Waals surface area contributed by atoms with Crippen molar-refractivity contribution in [3.63, 3.8) is 0 Å². The van der Waals surface area contributed by atoms with Crippen LogP contribution in [0.3, 0.4) is 0 Å². The van der Waals surface area contributed by atoms with Gasteiger partial charge in [-0.2, -0.15) is 9.67 Å². The molecule has 35 heavy (non-hydrogen) atoms. The fraction of sp³-hybridized carbons (Fsp3) is 0.120. The topological polar surface area (TPSA) is 103 Å². The zero-order valence-electron chi connectivity index (χ0n) is 19.0. The number of aromatic amines is 1. The van der Waals surface area contributed by atoms with E-state index < -0.39 is 0 Å². The number of phenolic OH excluding ortho intramolecular Hbond substituents is 1. The van der Waals surface area contributed by atoms with Crippen molar-refractivity contribution in [3.05, 3.63) is 82.9 Å². The Bertz CT molecular complexity index is 1350. The van der Waals surface area contributed by atoms with Crippen molar-refractivity contribution in [2.75, 3.05) is 12.9 Å². The largest absolute Gasteiger partial charge is 0.504 e. The normalized spacial score (nSPS) is 11.1. The van der Waals surface area contributed by atoms with Crippen LogP contribution in [0.4, 0.5) is 0 Å². The highest BCUT2D eigenvalue weighted by Crippen LogP contribution is 2.28. The van der Waals surface area contributed by atoms with Crippen molar-refractivity contribution in [3.8, 4) is 28.6 Å². The Kier molecular flexibility index (Phi) is 7.69. The second-order valence-electron chi connectivity index (χ2n) is 7.51. The number of methoxy groups -OCH3 is 1. The maximum Gasteiger partial charge on any atom is 0.342 e. The second-order valence-corrected chi connectivity index (χ2v) is 8.89. The van der Waals surface area contributed by atoms with Crippen LogP contribution in [0.5, 0.6) is 11.5 Å². The number of amides is 1. The Morgan fingerprint density at radius 3 is 2.66 bits per heavy atom. The van der Waals surface area contributed by atoms with Crippen molar-refractivity contribution >= 4 is 35.5 Å². The van der Waals surface area contributed by atoms with Crippen molar-refractivity contribution in [1.82, 2.24) is 15.6 Å². The molecule has 1 amide bonds. The summed E-state index contributed by atoms with van der Waals surface area (Å²) in [6.45, 7) is 2.03. The molecule has 0 saturated heterocycles. The van der Waals surface area contributed by atoms with E-state index in [0.717, 1.165) is 22.6 Å². The monoisotopic (exact) mass is 508 g/mol. The van der Waals surface area contributed by atoms with Crippen molar-refractivity contribution < 1.29 is 19.2 Å². The number of aromatic nitrogens is 3. The van der Waals surface area contributed by atoms with E-state index in [1.54, 1.807) is 30.3 Å². The molecule has 4 aromatic rings. The molecule has 0 aliphatic carbocycles. The summed E-state index contributed by atoms with van der Waals surface area (Å²) in [6, 6.07) is 20.5. The quantitative estimate of drug-likeness (QED) is 0.143. The number of aromatic hydroxyl groups is 1. The van der Waals surface area contributed by atoms with Crippen molar-refractivity contribution in [1.29, 1.82) is 0 Å². The van der Waals surface area contributed by atoms with E-state index in [0.29, 0.717) is 21.5 Å². The van der Waals surface area contributed by atoms with E-state index in [-0.39, 0.29) is 17.4 Å². The van der Waals surface area contributed by atoms with Gasteiger partial charge in [-0.1, -0.05) is 35.4 Å². The summed E-state index contributed by atoms with van der Waals surface area (Å²) in [4.78, 5) is 12.4. The van der Waals surface area contributed by atoms with Crippen LogP contribution in [0.2, 0.25) is 5.02 Å². The molecule has 4 rings (SSSR count). The fourth-order valence-electron chi connectivity index (χ4n) is 3.27. The lowest BCUT2D eigenvalue weighted by Gasteiger charge is -2.05. The number of carbonyl (C=O) groups excluding carboxylic acids is 1. The van der Waals surface area contributed by atoms with Gasteiger partial charge in [-0.3, -0.25) is 4.79 Å². The number of aryl methyl sites for hydroxylation is 1. The minimum atomic E-state index is -0.323. The molecule has 0 radical (unpaired) electrons. The Hall–Kier alpha value is -3.82. The number of hydrogen-bond acceptors (Lipinski definition) is 6. The van der Waals surface area contributed by atoms with Gasteiger partial charge in [0, 0.05) is 10.6 Å². The van der Waals surface area contributed by atoms with Crippen molar-refractivity contribution in [2.24, 2.45) is 5.10 Å². The van der Waals surface area contributed by atoms with E-state index >= 15 is 0 Å². The predicted molar refractivity (Wildman–Crippen MR) is 136 cm³/mol. The summed E-state index contributed by atoms with van der Waals surface area (Å²) in [6.07, 6.45) is 1.36. The highest BCUT2D eigenvalue weighted by molar-refractivity contribution is 7.99. The first-order chi connectivity index (χ1) is 17.0. The summed E-state index contributed by atoms with van der Waals surface area (Å²) in [5.74, 6) is 0.808. The molecular weight excluding hydrogens is 486 g/mol. The smallest absolute Gasteiger partial charge is 0.342 e. The molecule has 0 bridgehead atoms. The molecule has 8 nitrogen and oxygen atoms in total. The fourth-order valence-corrected chi connectivity index (χ4v) is 4.16. The standard InChI is InChI=1S/C25H22ClN5O3S/c1-16-6-8-17(9-7-16)24-29-30-25(31(24)20-12-10-19(26)11-13-20)35-15-22(32)28-27-14-18-4-3-5-21(34-2)23(18)33/h3-14H,15H2,1-2H3,(H2,27,28,32,33)/p+1. The molecule has 0 unspecified atom stereocenters. The number of benzene rings is 3. The van der Waals surface area contributed by atoms with Crippen LogP contribution >= 0.6 is 23.4 Å². The molecule has 0 aliphatic rings. The SMILES string of the molecule is COc1cccc(/C=N/NC(=O)CSc2n[nH]c(-c3ccc(C)cc3)[n+]2-c2ccc(Cl)cc2)c1O. The predicted octanol–water partition coefficient (Wildman–Crippen LogP) is 4.27. The lowest BCUT2D eigenvalue weighted by molar-refractivity contribution is -0.625. The molecular formula is C25H23ClN5O3S+. The lowest BCUT2D eigenvalue weighted by atomic mass is 10.1. The third-order valence-corrected chi connectivity index (χ3v) is 6.25. The first-order valence-corrected chi connectivity index (χ1v) is 12.0. The number of nitrogens with zero attached hydrogens (tertiary/aromatic N) is 3. The first kappa shape index (κ1) is 24.3. The molecule has 1 heterocycles. The number of ether oxygens (including phenoxy) is 1. The van der Waals surface area contributed by atoms with Gasteiger partial charge in [0.2, 0.25) is 0 Å². The van der Waals surface area contributed by atoms with E-state index in [1.165, 1.54) is 25.1 Å². The third-order valence-electron chi connectivity index (χ3n) is 5.06. The van der Waals surface area contributed by atoms with Crippen LogP contribution in [0.1, 0.15) is 11.1 Å². The zero-order valence-corrected chi connectivity index (χ0v) is 20.6. The summed E-state index contributed by atoms with van der Waals surface area (Å²) >= 11 is 7.34. The molecule has 0 saturated carbocycles. The van der Waals surface area contributed by atoms with Gasteiger partial charge in [-0.15, -0.1) is 5.10 Å². The molecule has 3 aromatic carbocycles. The van der Waals surface area contributed by atoms with E-state index in [9.17, 15) is 9.90 Å². The Labute approximate surface area is 211 Å². The number of para-hydroxylation sites is 1. The Morgan fingerprint density at radius 2 is 1.94 bits per heavy atom. The number of H-pyrrole nitrogens is 1. The summed E-state index contributed by atoms with van der Waals surface area (Å²) in [5.41, 5.74) is 5.86. The number of halogens is 1. The minimum Gasteiger partial charge on any atom is -0.504 e. The molecule has 0 atom stereocenters. The van der Waals surface area contributed by atoms with Gasteiger partial charge in [0.1, 0.15) is 5.69 Å². The van der Waals surface area contributed by atoms with E-state index in [2.05, 4.69) is 20.7 Å². The number of hydrogen-bond donors (Lipinski definition) is 3. The molecule has 10 heteroatoms. The maximum atomic E-state index is 12.4. The van der Waals surface area contributed by atoms with Gasteiger partial charge in [0.25, 0.3) is 11.7 Å². The maximum absolute atomic E-state index is 12.4. The summed E-state index contributed by atoms with van der Waals surface area (Å²) < 4.78 is 7.01. The zero-order chi connectivity index (χ0) is 24.8. The average molecular weight is 509 g/mol. The number of rotatable bonds is 8. The Balaban J connectivity index is 1.50. The summed E-state index contributed by atoms with van der Waals surface area (Å²) in [5, 5.41) is 22.8. The average Bonchev–Trinajstić information content (AvgIpc) is 3.28. The van der Waals surface area contributed by atoms with Gasteiger partial charge < -0.3 is 9.84 Å². The molecule has 3 N–H and O–H groups in total. The summed E-state index contributed by atoms with van der Waals surface area (Å²) in [7, 11) is 1.46. The Morgan fingerprint density at radius 1 is 1.20 bits per heavy atom. The van der Waals surface area contributed by atoms with Crippen LogP contribution in [0.25, 0.3) is 17.1 Å². The number of carbonyl (C=O) groups is 1. The number of phenols is 1. The van der Waals surface area contributed by atoms with Crippen LogP contribution in [-0.4, -0.2) is 40.3 Å². The molecule has 0 fully saturated rings. The van der Waals surface area contributed by atoms with E-state index in [1.807, 2.05) is 47.9 Å². The second kappa shape index (κ2) is 11.1. The van der Waals surface area contributed by atoms with Gasteiger partial charge in [0.15, 0.2) is 11.5 Å². The van der Waals surface area contributed by atoms with Gasteiger partial charge in [-0.05, 0) is 67.2 Å². The highest BCUT2D eigenvalue weighted by Gasteiger charge is 2.24. The van der Waals surface area contributed by atoms with Crippen LogP contribution in [0.15, 0.2) is 77.0 Å². The third kappa shape index (κ3) is 5.82. The van der Waals surface area contributed by atoms with Gasteiger partial charge in [-0.25, -0.2) is 5.43 Å².